The van der Waals surface area contributed by atoms with Gasteiger partial charge in [0.25, 0.3) is 17.5 Å². The van der Waals surface area contributed by atoms with Crippen LogP contribution in [0.2, 0.25) is 5.02 Å². The fraction of sp³-hybridized carbons (Fsp3) is 0.0435. The van der Waals surface area contributed by atoms with Gasteiger partial charge in [0.15, 0.2) is 0 Å². The van der Waals surface area contributed by atoms with E-state index in [9.17, 15) is 28.5 Å². The maximum absolute atomic E-state index is 14.0. The van der Waals surface area contributed by atoms with Gasteiger partial charge in [-0.1, -0.05) is 23.7 Å². The second-order valence-electron chi connectivity index (χ2n) is 6.79. The van der Waals surface area contributed by atoms with Gasteiger partial charge in [0.05, 0.1) is 23.3 Å². The molecule has 0 bridgehead atoms. The molecule has 0 unspecified atom stereocenters. The number of nitro groups is 1. The summed E-state index contributed by atoms with van der Waals surface area (Å²) in [6.07, 6.45) is 1.17. The average Bonchev–Trinajstić information content (AvgIpc) is 2.80. The topological polar surface area (TPSA) is 111 Å². The van der Waals surface area contributed by atoms with Crippen LogP contribution in [-0.2, 0) is 4.79 Å². The second kappa shape index (κ2) is 10.5. The normalized spacial score (nSPS) is 11.0. The lowest BCUT2D eigenvalue weighted by Gasteiger charge is -2.13. The number of ether oxygens (including phenoxy) is 1. The summed E-state index contributed by atoms with van der Waals surface area (Å²) in [5.41, 5.74) is -0.763. The van der Waals surface area contributed by atoms with Gasteiger partial charge in [0.2, 0.25) is 0 Å². The maximum Gasteiger partial charge on any atom is 0.272 e. The summed E-state index contributed by atoms with van der Waals surface area (Å²) in [7, 11) is 1.34. The number of nitrogens with one attached hydrogen (secondary N) is 2. The predicted octanol–water partition coefficient (Wildman–Crippen LogP) is 4.94. The fourth-order valence-electron chi connectivity index (χ4n) is 2.88. The molecule has 0 aliphatic carbocycles. The van der Waals surface area contributed by atoms with E-state index in [4.69, 9.17) is 16.3 Å². The van der Waals surface area contributed by atoms with E-state index in [0.29, 0.717) is 6.07 Å². The molecule has 0 atom stereocenters. The van der Waals surface area contributed by atoms with Crippen LogP contribution in [0.4, 0.5) is 20.2 Å². The Balaban J connectivity index is 2.00. The molecule has 174 valence electrons. The Kier molecular flexibility index (Phi) is 7.54. The van der Waals surface area contributed by atoms with Crippen molar-refractivity contribution in [3.8, 4) is 5.75 Å². The molecule has 3 rings (SSSR count). The summed E-state index contributed by atoms with van der Waals surface area (Å²) < 4.78 is 32.4. The van der Waals surface area contributed by atoms with Crippen LogP contribution in [-0.4, -0.2) is 23.8 Å². The fourth-order valence-corrected chi connectivity index (χ4v) is 3.05. The van der Waals surface area contributed by atoms with E-state index in [1.165, 1.54) is 55.7 Å². The number of nitro benzene ring substituents is 1. The van der Waals surface area contributed by atoms with Crippen molar-refractivity contribution in [2.75, 3.05) is 12.4 Å². The molecule has 0 heterocycles. The van der Waals surface area contributed by atoms with Gasteiger partial charge in [-0.25, -0.2) is 8.78 Å². The van der Waals surface area contributed by atoms with E-state index < -0.39 is 28.4 Å². The molecule has 8 nitrogen and oxygen atoms in total. The van der Waals surface area contributed by atoms with Gasteiger partial charge in [0, 0.05) is 23.2 Å². The highest BCUT2D eigenvalue weighted by molar-refractivity contribution is 6.31. The van der Waals surface area contributed by atoms with Crippen LogP contribution in [0.1, 0.15) is 15.9 Å². The lowest BCUT2D eigenvalue weighted by molar-refractivity contribution is -0.384. The molecule has 0 aliphatic heterocycles. The number of carbonyl (C=O) groups is 2. The van der Waals surface area contributed by atoms with E-state index in [0.717, 1.165) is 12.1 Å². The smallest absolute Gasteiger partial charge is 0.272 e. The van der Waals surface area contributed by atoms with E-state index >= 15 is 0 Å². The summed E-state index contributed by atoms with van der Waals surface area (Å²) in [5, 5.41) is 15.9. The second-order valence-corrected chi connectivity index (χ2v) is 7.22. The number of amides is 2. The van der Waals surface area contributed by atoms with Crippen LogP contribution < -0.4 is 15.4 Å². The van der Waals surface area contributed by atoms with Crippen LogP contribution in [0.5, 0.6) is 5.75 Å². The summed E-state index contributed by atoms with van der Waals surface area (Å²) >= 11 is 5.97. The minimum atomic E-state index is -1.04. The standard InChI is InChI=1S/C23H16ClF2N3O5/c1-34-21-8-5-14(24)11-17(21)22(30)28-20(10-13-3-2-4-16(9-13)29(32)33)23(31)27-19-7-6-15(25)12-18(19)26/h2-12H,1H3,(H,27,31)(H,28,30). The molecule has 11 heteroatoms. The third-order valence-corrected chi connectivity index (χ3v) is 4.71. The first-order valence-corrected chi connectivity index (χ1v) is 9.93. The molecule has 2 amide bonds. The van der Waals surface area contributed by atoms with Crippen molar-refractivity contribution in [2.24, 2.45) is 0 Å². The first-order chi connectivity index (χ1) is 16.2. The van der Waals surface area contributed by atoms with E-state index in [2.05, 4.69) is 10.6 Å². The van der Waals surface area contributed by atoms with Crippen molar-refractivity contribution < 1.29 is 28.0 Å². The van der Waals surface area contributed by atoms with E-state index in [1.807, 2.05) is 0 Å². The van der Waals surface area contributed by atoms with Crippen LogP contribution in [0.15, 0.2) is 66.4 Å². The Morgan fingerprint density at radius 3 is 2.53 bits per heavy atom. The van der Waals surface area contributed by atoms with Gasteiger partial charge >= 0.3 is 0 Å². The number of nitrogens with zero attached hydrogens (tertiary/aromatic N) is 1. The van der Waals surface area contributed by atoms with Crippen molar-refractivity contribution in [1.82, 2.24) is 5.32 Å². The van der Waals surface area contributed by atoms with Crippen molar-refractivity contribution in [1.29, 1.82) is 0 Å². The predicted molar refractivity (Wildman–Crippen MR) is 122 cm³/mol. The largest absolute Gasteiger partial charge is 0.496 e. The van der Waals surface area contributed by atoms with Crippen LogP contribution in [0.3, 0.4) is 0 Å². The molecule has 2 N–H and O–H groups in total. The van der Waals surface area contributed by atoms with Crippen LogP contribution in [0.25, 0.3) is 6.08 Å². The van der Waals surface area contributed by atoms with Crippen molar-refractivity contribution in [3.63, 3.8) is 0 Å². The molecule has 0 aliphatic rings. The first-order valence-electron chi connectivity index (χ1n) is 9.55. The number of hydrogen-bond acceptors (Lipinski definition) is 5. The molecular weight excluding hydrogens is 472 g/mol. The highest BCUT2D eigenvalue weighted by atomic mass is 35.5. The van der Waals surface area contributed by atoms with Gasteiger partial charge in [-0.15, -0.1) is 0 Å². The van der Waals surface area contributed by atoms with Gasteiger partial charge < -0.3 is 15.4 Å². The number of rotatable bonds is 7. The number of hydrogen-bond donors (Lipinski definition) is 2. The van der Waals surface area contributed by atoms with E-state index in [-0.39, 0.29) is 39.0 Å². The zero-order valence-corrected chi connectivity index (χ0v) is 18.2. The number of non-ortho nitro benzene ring substituents is 1. The van der Waals surface area contributed by atoms with Crippen LogP contribution in [0, 0.1) is 21.7 Å². The summed E-state index contributed by atoms with van der Waals surface area (Å²) in [5.74, 6) is -3.46. The molecule has 0 radical (unpaired) electrons. The molecule has 34 heavy (non-hydrogen) atoms. The van der Waals surface area contributed by atoms with E-state index in [1.54, 1.807) is 0 Å². The third kappa shape index (κ3) is 5.93. The Labute approximate surface area is 197 Å². The quantitative estimate of drug-likeness (QED) is 0.278. The van der Waals surface area contributed by atoms with Crippen molar-refractivity contribution >= 4 is 40.9 Å². The highest BCUT2D eigenvalue weighted by Gasteiger charge is 2.20. The number of anilines is 1. The number of halogens is 3. The van der Waals surface area contributed by atoms with Gasteiger partial charge in [-0.05, 0) is 42.0 Å². The lowest BCUT2D eigenvalue weighted by atomic mass is 10.1. The summed E-state index contributed by atoms with van der Waals surface area (Å²) in [4.78, 5) is 36.3. The zero-order chi connectivity index (χ0) is 24.8. The molecule has 3 aromatic carbocycles. The third-order valence-electron chi connectivity index (χ3n) is 4.47. The summed E-state index contributed by atoms with van der Waals surface area (Å²) in [6.45, 7) is 0. The van der Waals surface area contributed by atoms with Gasteiger partial charge in [-0.2, -0.15) is 0 Å². The van der Waals surface area contributed by atoms with Gasteiger partial charge in [0.1, 0.15) is 23.1 Å². The minimum absolute atomic E-state index is 0.000653. The molecule has 0 saturated carbocycles. The molecule has 0 aromatic heterocycles. The Hall–Kier alpha value is -4.31. The molecular formula is C23H16ClF2N3O5. The van der Waals surface area contributed by atoms with Crippen LogP contribution >= 0.6 is 11.6 Å². The highest BCUT2D eigenvalue weighted by Crippen LogP contribution is 2.24. The molecule has 3 aromatic rings. The number of methoxy groups -OCH3 is 1. The Morgan fingerprint density at radius 1 is 1.09 bits per heavy atom. The van der Waals surface area contributed by atoms with Crippen molar-refractivity contribution in [2.45, 2.75) is 0 Å². The Morgan fingerprint density at radius 2 is 1.85 bits per heavy atom. The van der Waals surface area contributed by atoms with Crippen molar-refractivity contribution in [3.05, 3.63) is 104 Å². The number of carbonyl (C=O) groups excluding carboxylic acids is 2. The first kappa shape index (κ1) is 24.3. The lowest BCUT2D eigenvalue weighted by Crippen LogP contribution is -2.31. The SMILES string of the molecule is COc1ccc(Cl)cc1C(=O)NC(=Cc1cccc([N+](=O)[O-])c1)C(=O)Nc1ccc(F)cc1F. The Bertz CT molecular complexity index is 1310. The number of benzene rings is 3. The molecule has 0 fully saturated rings. The summed E-state index contributed by atoms with van der Waals surface area (Å²) in [6, 6.07) is 12.1. The molecule has 0 spiro atoms. The maximum atomic E-state index is 14.0. The van der Waals surface area contributed by atoms with Gasteiger partial charge in [-0.3, -0.25) is 19.7 Å². The average molecular weight is 488 g/mol. The minimum Gasteiger partial charge on any atom is -0.496 e. The monoisotopic (exact) mass is 487 g/mol. The molecule has 0 saturated heterocycles. The zero-order valence-electron chi connectivity index (χ0n) is 17.5.